The van der Waals surface area contributed by atoms with Crippen molar-refractivity contribution < 1.29 is 37.0 Å². The number of nitrogens with zero attached hydrogens (tertiary/aromatic N) is 2. The van der Waals surface area contributed by atoms with E-state index in [1.54, 1.807) is 43.3 Å². The monoisotopic (exact) mass is 604 g/mol. The lowest BCUT2D eigenvalue weighted by atomic mass is 9.60. The van der Waals surface area contributed by atoms with Crippen molar-refractivity contribution in [3.8, 4) is 5.75 Å². The third-order valence-corrected chi connectivity index (χ3v) is 10.9. The molecule has 0 N–H and O–H groups in total. The second-order valence-electron chi connectivity index (χ2n) is 11.2. The summed E-state index contributed by atoms with van der Waals surface area (Å²) in [6.07, 6.45) is -0.900. The molecule has 43 heavy (non-hydrogen) atoms. The highest BCUT2D eigenvalue weighted by Crippen LogP contribution is 2.58. The zero-order valence-electron chi connectivity index (χ0n) is 24.0. The summed E-state index contributed by atoms with van der Waals surface area (Å²) < 4.78 is 46.2. The molecule has 2 amide bonds. The summed E-state index contributed by atoms with van der Waals surface area (Å²) in [4.78, 5) is 42.4. The fraction of sp³-hybridized carbons (Fsp3) is 0.344. The average Bonchev–Trinajstić information content (AvgIpc) is 3.46. The van der Waals surface area contributed by atoms with Crippen LogP contribution in [0.4, 0.5) is 10.5 Å². The molecule has 1 saturated heterocycles. The van der Waals surface area contributed by atoms with Crippen LogP contribution in [0.25, 0.3) is 0 Å². The number of ether oxygens (including phenoxy) is 3. The van der Waals surface area contributed by atoms with E-state index in [2.05, 4.69) is 0 Å². The van der Waals surface area contributed by atoms with E-state index in [1.165, 1.54) is 30.7 Å². The molecule has 0 radical (unpaired) electrons. The number of para-hydroxylation sites is 1. The maximum atomic E-state index is 14.4. The third-order valence-electron chi connectivity index (χ3n) is 9.08. The fourth-order valence-corrected chi connectivity index (χ4v) is 8.77. The highest BCUT2D eigenvalue weighted by Gasteiger charge is 2.69. The van der Waals surface area contributed by atoms with Gasteiger partial charge in [0.05, 0.1) is 61.4 Å². The minimum Gasteiger partial charge on any atom is -0.497 e. The number of carbonyl (C=O) groups excluding carboxylic acids is 3. The molecule has 0 aromatic heterocycles. The van der Waals surface area contributed by atoms with E-state index >= 15 is 0 Å². The van der Waals surface area contributed by atoms with E-state index in [9.17, 15) is 22.8 Å². The van der Waals surface area contributed by atoms with Gasteiger partial charge in [0.1, 0.15) is 11.5 Å². The second kappa shape index (κ2) is 10.8. The number of amides is 2. The Labute approximate surface area is 250 Å². The van der Waals surface area contributed by atoms with E-state index in [0.717, 1.165) is 10.5 Å². The van der Waals surface area contributed by atoms with Gasteiger partial charge in [-0.2, -0.15) is 0 Å². The Hall–Kier alpha value is -4.22. The lowest BCUT2D eigenvalue weighted by Gasteiger charge is -2.44. The summed E-state index contributed by atoms with van der Waals surface area (Å²) in [5.74, 6) is -2.00. The van der Waals surface area contributed by atoms with E-state index < -0.39 is 51.4 Å². The van der Waals surface area contributed by atoms with Crippen LogP contribution in [0.2, 0.25) is 0 Å². The number of hydrogen-bond acceptors (Lipinski definition) is 8. The van der Waals surface area contributed by atoms with Crippen LogP contribution in [0.3, 0.4) is 0 Å². The first-order valence-corrected chi connectivity index (χ1v) is 15.4. The fourth-order valence-electron chi connectivity index (χ4n) is 7.00. The molecule has 11 heteroatoms. The zero-order chi connectivity index (χ0) is 30.5. The van der Waals surface area contributed by atoms with Crippen molar-refractivity contribution in [2.24, 2.45) is 11.8 Å². The second-order valence-corrected chi connectivity index (χ2v) is 13.0. The molecule has 0 bridgehead atoms. The zero-order valence-corrected chi connectivity index (χ0v) is 24.8. The molecule has 1 saturated carbocycles. The van der Waals surface area contributed by atoms with Crippen LogP contribution in [0.5, 0.6) is 5.75 Å². The maximum absolute atomic E-state index is 14.4. The number of fused-ring (bicyclic) bond motifs is 5. The number of anilines is 1. The number of imide groups is 1. The Morgan fingerprint density at radius 3 is 2.30 bits per heavy atom. The minimum atomic E-state index is -4.28. The largest absolute Gasteiger partial charge is 0.497 e. The summed E-state index contributed by atoms with van der Waals surface area (Å²) in [6.45, 7) is 1.90. The minimum absolute atomic E-state index is 0.0139. The smallest absolute Gasteiger partial charge is 0.416 e. The maximum Gasteiger partial charge on any atom is 0.416 e. The number of ketones is 1. The molecule has 224 valence electrons. The van der Waals surface area contributed by atoms with Crippen LogP contribution < -0.4 is 9.04 Å². The first kappa shape index (κ1) is 28.9. The van der Waals surface area contributed by atoms with Gasteiger partial charge in [0.25, 0.3) is 10.0 Å². The van der Waals surface area contributed by atoms with Crippen molar-refractivity contribution in [3.05, 3.63) is 90.0 Å². The first-order chi connectivity index (χ1) is 20.6. The lowest BCUT2D eigenvalue weighted by molar-refractivity contribution is -0.134. The Balaban J connectivity index is 1.44. The van der Waals surface area contributed by atoms with Crippen LogP contribution in [-0.2, 0) is 41.1 Å². The Morgan fingerprint density at radius 1 is 0.953 bits per heavy atom. The SMILES string of the molecule is COC(=O)N1C(=O)[C@@H]2[C@@H](CC(=O)[C@@]3(C)c4ccccc4N(S(=O)(=O)c4ccc(OC)cc4)[C@@H]23)[C@@H]1COCc1ccccc1. The van der Waals surface area contributed by atoms with Gasteiger partial charge < -0.3 is 14.2 Å². The van der Waals surface area contributed by atoms with E-state index in [4.69, 9.17) is 14.2 Å². The van der Waals surface area contributed by atoms with Crippen molar-refractivity contribution in [2.45, 2.75) is 42.3 Å². The number of likely N-dealkylation sites (tertiary alicyclic amines) is 1. The number of methoxy groups -OCH3 is 2. The summed E-state index contributed by atoms with van der Waals surface area (Å²) >= 11 is 0. The van der Waals surface area contributed by atoms with Gasteiger partial charge >= 0.3 is 6.09 Å². The number of rotatable bonds is 7. The Kier molecular flexibility index (Phi) is 7.26. The quantitative estimate of drug-likeness (QED) is 0.398. The highest BCUT2D eigenvalue weighted by molar-refractivity contribution is 7.93. The molecule has 2 aliphatic heterocycles. The molecule has 3 aromatic rings. The molecule has 3 aliphatic rings. The molecular formula is C32H32N2O8S. The van der Waals surface area contributed by atoms with Crippen LogP contribution in [0, 0.1) is 11.8 Å². The van der Waals surface area contributed by atoms with Crippen molar-refractivity contribution in [1.82, 2.24) is 4.90 Å². The molecule has 2 fully saturated rings. The molecule has 2 heterocycles. The summed E-state index contributed by atoms with van der Waals surface area (Å²) in [7, 11) is -1.61. The summed E-state index contributed by atoms with van der Waals surface area (Å²) in [6, 6.07) is 20.3. The van der Waals surface area contributed by atoms with Crippen LogP contribution in [-0.4, -0.2) is 64.0 Å². The van der Waals surface area contributed by atoms with Crippen LogP contribution >= 0.6 is 0 Å². The van der Waals surface area contributed by atoms with Gasteiger partial charge in [0, 0.05) is 12.3 Å². The van der Waals surface area contributed by atoms with Gasteiger partial charge in [-0.3, -0.25) is 13.9 Å². The third kappa shape index (κ3) is 4.41. The number of benzene rings is 3. The standard InChI is InChI=1S/C32H32N2O8S/c1-32-24-11-7-8-12-25(24)34(43(38,39)22-15-13-21(40-2)14-16-22)29(32)28-23(17-27(32)35)26(33(30(28)36)31(37)41-3)19-42-18-20-9-5-4-6-10-20/h4-16,23,26,28-29H,17-19H2,1-3H3/t23-,26-,28+,29-,32+/m0/s1. The first-order valence-electron chi connectivity index (χ1n) is 14.0. The predicted molar refractivity (Wildman–Crippen MR) is 156 cm³/mol. The molecule has 0 unspecified atom stereocenters. The van der Waals surface area contributed by atoms with Gasteiger partial charge in [-0.05, 0) is 48.4 Å². The van der Waals surface area contributed by atoms with Gasteiger partial charge in [-0.15, -0.1) is 0 Å². The highest BCUT2D eigenvalue weighted by atomic mass is 32.2. The molecule has 5 atom stereocenters. The lowest BCUT2D eigenvalue weighted by Crippen LogP contribution is -2.60. The van der Waals surface area contributed by atoms with Crippen molar-refractivity contribution in [1.29, 1.82) is 0 Å². The number of carbonyl (C=O) groups is 3. The number of sulfonamides is 1. The van der Waals surface area contributed by atoms with Crippen molar-refractivity contribution >= 4 is 33.5 Å². The van der Waals surface area contributed by atoms with Gasteiger partial charge in [-0.25, -0.2) is 18.1 Å². The van der Waals surface area contributed by atoms with Gasteiger partial charge in [-0.1, -0.05) is 48.5 Å². The van der Waals surface area contributed by atoms with E-state index in [0.29, 0.717) is 17.0 Å². The van der Waals surface area contributed by atoms with Crippen LogP contribution in [0.15, 0.2) is 83.8 Å². The van der Waals surface area contributed by atoms with Crippen molar-refractivity contribution in [3.63, 3.8) is 0 Å². The van der Waals surface area contributed by atoms with E-state index in [-0.39, 0.29) is 30.3 Å². The number of hydrogen-bond donors (Lipinski definition) is 0. The van der Waals surface area contributed by atoms with Gasteiger partial charge in [0.15, 0.2) is 0 Å². The van der Waals surface area contributed by atoms with Crippen molar-refractivity contribution in [2.75, 3.05) is 25.1 Å². The number of Topliss-reactive ketones (excluding diaryl/α,β-unsaturated/α-hetero) is 1. The van der Waals surface area contributed by atoms with Gasteiger partial charge in [0.2, 0.25) is 5.91 Å². The topological polar surface area (TPSA) is 120 Å². The molecule has 6 rings (SSSR count). The molecule has 0 spiro atoms. The summed E-state index contributed by atoms with van der Waals surface area (Å²) in [5, 5.41) is 0. The normalized spacial score (nSPS) is 26.1. The predicted octanol–water partition coefficient (Wildman–Crippen LogP) is 3.93. The molecule has 3 aromatic carbocycles. The van der Waals surface area contributed by atoms with Crippen LogP contribution in [0.1, 0.15) is 24.5 Å². The Morgan fingerprint density at radius 2 is 1.63 bits per heavy atom. The molecule has 10 nitrogen and oxygen atoms in total. The Bertz CT molecular complexity index is 1680. The summed E-state index contributed by atoms with van der Waals surface area (Å²) in [5.41, 5.74) is 0.445. The molecule has 1 aliphatic carbocycles. The van der Waals surface area contributed by atoms with E-state index in [1.807, 2.05) is 30.3 Å². The molecular weight excluding hydrogens is 572 g/mol. The average molecular weight is 605 g/mol.